The minimum atomic E-state index is -0.394. The Morgan fingerprint density at radius 3 is 2.76 bits per heavy atom. The molecule has 1 saturated carbocycles. The molecule has 0 amide bonds. The van der Waals surface area contributed by atoms with E-state index in [0.29, 0.717) is 45.0 Å². The van der Waals surface area contributed by atoms with Crippen LogP contribution in [0.2, 0.25) is 5.02 Å². The molecule has 5 aromatic heterocycles. The number of hydrogen-bond donors (Lipinski definition) is 2. The summed E-state index contributed by atoms with van der Waals surface area (Å²) in [5.74, 6) is 2.09. The number of aryl methyl sites for hydroxylation is 1. The Kier molecular flexibility index (Phi) is 5.57. The number of aliphatic hydroxyl groups excluding tert-OH is 1. The molecule has 192 valence electrons. The van der Waals surface area contributed by atoms with Gasteiger partial charge in [-0.15, -0.1) is 0 Å². The molecule has 5 heterocycles. The van der Waals surface area contributed by atoms with Crippen LogP contribution in [0, 0.1) is 0 Å². The van der Waals surface area contributed by atoms with Gasteiger partial charge >= 0.3 is 0 Å². The lowest BCUT2D eigenvalue weighted by Crippen LogP contribution is -2.26. The highest BCUT2D eigenvalue weighted by Crippen LogP contribution is 2.38. The fourth-order valence-electron chi connectivity index (χ4n) is 4.89. The number of hydrogen-bond acceptors (Lipinski definition) is 8. The van der Waals surface area contributed by atoms with Crippen molar-refractivity contribution >= 4 is 40.0 Å². The maximum atomic E-state index is 10.5. The van der Waals surface area contributed by atoms with Crippen molar-refractivity contribution in [1.29, 1.82) is 0 Å². The number of fused-ring (bicyclic) bond motifs is 2. The molecule has 0 radical (unpaired) electrons. The van der Waals surface area contributed by atoms with E-state index in [1.807, 2.05) is 22.4 Å². The molecule has 5 aromatic rings. The fraction of sp³-hybridized carbons (Fsp3) is 0.400. The number of aliphatic hydroxyl groups is 1. The molecule has 0 aromatic carbocycles. The van der Waals surface area contributed by atoms with E-state index in [-0.39, 0.29) is 11.5 Å². The molecule has 0 unspecified atom stereocenters. The van der Waals surface area contributed by atoms with Crippen LogP contribution in [-0.4, -0.2) is 50.1 Å². The van der Waals surface area contributed by atoms with E-state index in [9.17, 15) is 5.11 Å². The first-order chi connectivity index (χ1) is 17.7. The Morgan fingerprint density at radius 2 is 2.00 bits per heavy atom. The van der Waals surface area contributed by atoms with Crippen LogP contribution in [0.4, 0.5) is 11.8 Å². The summed E-state index contributed by atoms with van der Waals surface area (Å²) in [6, 6.07) is 1.99. The van der Waals surface area contributed by atoms with Crippen molar-refractivity contribution in [3.05, 3.63) is 47.8 Å². The van der Waals surface area contributed by atoms with Gasteiger partial charge < -0.3 is 19.7 Å². The molecule has 0 spiro atoms. The van der Waals surface area contributed by atoms with Crippen LogP contribution in [0.1, 0.15) is 51.8 Å². The number of rotatable bonds is 5. The number of nitrogens with zero attached hydrogens (tertiary/aromatic N) is 8. The lowest BCUT2D eigenvalue weighted by atomic mass is 9.91. The maximum absolute atomic E-state index is 10.5. The normalized spacial score (nSPS) is 18.2. The smallest absolute Gasteiger partial charge is 0.210 e. The van der Waals surface area contributed by atoms with Gasteiger partial charge in [0.1, 0.15) is 16.1 Å². The highest BCUT2D eigenvalue weighted by Gasteiger charge is 2.32. The van der Waals surface area contributed by atoms with Crippen LogP contribution in [-0.2, 0) is 12.5 Å². The molecular formula is C25H28ClN9O2. The molecule has 0 aliphatic heterocycles. The van der Waals surface area contributed by atoms with Crippen LogP contribution in [0.3, 0.4) is 0 Å². The van der Waals surface area contributed by atoms with Gasteiger partial charge in [0.2, 0.25) is 5.95 Å². The van der Waals surface area contributed by atoms with Crippen molar-refractivity contribution in [2.75, 3.05) is 5.32 Å². The van der Waals surface area contributed by atoms with E-state index in [1.165, 1.54) is 0 Å². The van der Waals surface area contributed by atoms with Gasteiger partial charge in [-0.2, -0.15) is 15.2 Å². The molecule has 0 bridgehead atoms. The zero-order valence-electron chi connectivity index (χ0n) is 21.1. The highest BCUT2D eigenvalue weighted by molar-refractivity contribution is 6.36. The molecule has 37 heavy (non-hydrogen) atoms. The number of pyridine rings is 1. The standard InChI is InChI=1S/C25H28ClN9O2/c1-25(2,3)19-10-20(32-35(19)14-6-5-7-16(14)36)30-24-31-23-22(33(24)4)21(26)18(12-28-23)37-17-13-29-34-9-8-27-11-15(17)34/h8-14,16,36H,5-7H2,1-4H3,(H,28,30,31,32)/t14-,16-/m0/s1. The van der Waals surface area contributed by atoms with E-state index in [2.05, 4.69) is 46.1 Å². The van der Waals surface area contributed by atoms with Crippen molar-refractivity contribution in [3.8, 4) is 11.5 Å². The second kappa shape index (κ2) is 8.70. The first-order valence-corrected chi connectivity index (χ1v) is 12.6. The summed E-state index contributed by atoms with van der Waals surface area (Å²) in [6.45, 7) is 6.43. The van der Waals surface area contributed by atoms with Gasteiger partial charge in [-0.3, -0.25) is 9.67 Å². The average molecular weight is 522 g/mol. The summed E-state index contributed by atoms with van der Waals surface area (Å²) in [4.78, 5) is 13.3. The van der Waals surface area contributed by atoms with Gasteiger partial charge in [-0.25, -0.2) is 9.50 Å². The molecule has 0 saturated heterocycles. The van der Waals surface area contributed by atoms with E-state index in [4.69, 9.17) is 21.4 Å². The predicted molar refractivity (Wildman–Crippen MR) is 140 cm³/mol. The van der Waals surface area contributed by atoms with Gasteiger partial charge in [0.15, 0.2) is 23.0 Å². The lowest BCUT2D eigenvalue weighted by molar-refractivity contribution is 0.127. The zero-order chi connectivity index (χ0) is 25.9. The second-order valence-electron chi connectivity index (χ2n) is 10.4. The van der Waals surface area contributed by atoms with E-state index < -0.39 is 6.10 Å². The molecule has 2 atom stereocenters. The highest BCUT2D eigenvalue weighted by atomic mass is 35.5. The van der Waals surface area contributed by atoms with Gasteiger partial charge in [0, 0.05) is 36.6 Å². The molecule has 11 nitrogen and oxygen atoms in total. The molecule has 1 aliphatic rings. The van der Waals surface area contributed by atoms with Crippen molar-refractivity contribution in [2.24, 2.45) is 7.05 Å². The quantitative estimate of drug-likeness (QED) is 0.339. The second-order valence-corrected chi connectivity index (χ2v) is 10.8. The third-order valence-corrected chi connectivity index (χ3v) is 7.18. The Balaban J connectivity index is 1.34. The number of halogens is 1. The molecule has 1 fully saturated rings. The summed E-state index contributed by atoms with van der Waals surface area (Å²) >= 11 is 6.78. The lowest BCUT2D eigenvalue weighted by Gasteiger charge is -2.25. The molecular weight excluding hydrogens is 494 g/mol. The molecule has 2 N–H and O–H groups in total. The van der Waals surface area contributed by atoms with E-state index in [0.717, 1.165) is 25.0 Å². The minimum absolute atomic E-state index is 0.0313. The summed E-state index contributed by atoms with van der Waals surface area (Å²) in [6.07, 6.45) is 10.5. The average Bonchev–Trinajstić information content (AvgIpc) is 3.63. The zero-order valence-corrected chi connectivity index (χ0v) is 21.8. The van der Waals surface area contributed by atoms with E-state index >= 15 is 0 Å². The van der Waals surface area contributed by atoms with Gasteiger partial charge in [-0.05, 0) is 19.3 Å². The number of aromatic nitrogens is 8. The SMILES string of the molecule is Cn1c(Nc2cc(C(C)(C)C)n([C@H]3CCC[C@@H]3O)n2)nc2ncc(Oc3cnn4ccncc34)c(Cl)c21. The summed E-state index contributed by atoms with van der Waals surface area (Å²) in [5, 5.41) is 23.3. The first kappa shape index (κ1) is 23.7. The topological polar surface area (TPSA) is 120 Å². The number of anilines is 2. The predicted octanol–water partition coefficient (Wildman–Crippen LogP) is 4.78. The van der Waals surface area contributed by atoms with Gasteiger partial charge in [0.25, 0.3) is 0 Å². The van der Waals surface area contributed by atoms with Gasteiger partial charge in [0.05, 0.1) is 30.7 Å². The Labute approximate surface area is 218 Å². The van der Waals surface area contributed by atoms with Crippen LogP contribution in [0.5, 0.6) is 11.5 Å². The van der Waals surface area contributed by atoms with Gasteiger partial charge in [-0.1, -0.05) is 32.4 Å². The van der Waals surface area contributed by atoms with Crippen LogP contribution >= 0.6 is 11.6 Å². The fourth-order valence-corrected chi connectivity index (χ4v) is 5.19. The monoisotopic (exact) mass is 521 g/mol. The molecule has 6 rings (SSSR count). The third kappa shape index (κ3) is 4.08. The van der Waals surface area contributed by atoms with Crippen LogP contribution in [0.15, 0.2) is 37.1 Å². The molecule has 12 heteroatoms. The Morgan fingerprint density at radius 1 is 1.16 bits per heavy atom. The van der Waals surface area contributed by atoms with Crippen LogP contribution in [0.25, 0.3) is 16.7 Å². The number of ether oxygens (including phenoxy) is 1. The van der Waals surface area contributed by atoms with Crippen molar-refractivity contribution < 1.29 is 9.84 Å². The summed E-state index contributed by atoms with van der Waals surface area (Å²) in [5.41, 5.74) is 2.72. The maximum Gasteiger partial charge on any atom is 0.210 e. The largest absolute Gasteiger partial charge is 0.450 e. The summed E-state index contributed by atoms with van der Waals surface area (Å²) in [7, 11) is 1.86. The minimum Gasteiger partial charge on any atom is -0.450 e. The van der Waals surface area contributed by atoms with Crippen molar-refractivity contribution in [2.45, 2.75) is 57.6 Å². The first-order valence-electron chi connectivity index (χ1n) is 12.2. The van der Waals surface area contributed by atoms with Crippen molar-refractivity contribution in [3.63, 3.8) is 0 Å². The Bertz CT molecular complexity index is 1610. The summed E-state index contributed by atoms with van der Waals surface area (Å²) < 4.78 is 11.5. The van der Waals surface area contributed by atoms with E-state index in [1.54, 1.807) is 35.5 Å². The third-order valence-electron chi connectivity index (χ3n) is 6.82. The Hall–Kier alpha value is -3.70. The van der Waals surface area contributed by atoms with Crippen molar-refractivity contribution in [1.82, 2.24) is 38.9 Å². The number of imidazole rings is 1. The molecule has 1 aliphatic carbocycles. The van der Waals surface area contributed by atoms with Crippen LogP contribution < -0.4 is 10.1 Å². The number of nitrogens with one attached hydrogen (secondary N) is 1.